The molecule has 2 rings (SSSR count). The predicted octanol–water partition coefficient (Wildman–Crippen LogP) is 2.16. The van der Waals surface area contributed by atoms with Crippen molar-refractivity contribution in [3.8, 4) is 0 Å². The van der Waals surface area contributed by atoms with Crippen LogP contribution in [0.3, 0.4) is 0 Å². The van der Waals surface area contributed by atoms with Gasteiger partial charge in [-0.1, -0.05) is 18.0 Å². The minimum Gasteiger partial charge on any atom is -0.350 e. The number of thiophene rings is 1. The second kappa shape index (κ2) is 5.66. The van der Waals surface area contributed by atoms with Crippen LogP contribution in [0, 0.1) is 0 Å². The maximum Gasteiger partial charge on any atom is 0.237 e. The molecule has 0 spiro atoms. The van der Waals surface area contributed by atoms with Gasteiger partial charge in [0, 0.05) is 4.88 Å². The SMILES string of the molecule is O=C(NCc1ccc(Cl)s1)[C@H]1CCCCN1. The standard InChI is InChI=1S/C11H15ClN2OS/c12-10-5-4-8(16-10)7-14-11(15)9-3-1-2-6-13-9/h4-5,9,13H,1-3,6-7H2,(H,14,15)/t9-/m1/s1. The zero-order chi connectivity index (χ0) is 11.4. The van der Waals surface area contributed by atoms with Crippen molar-refractivity contribution in [3.05, 3.63) is 21.3 Å². The number of halogens is 1. The maximum absolute atomic E-state index is 11.8. The van der Waals surface area contributed by atoms with Gasteiger partial charge in [-0.05, 0) is 31.5 Å². The number of carbonyl (C=O) groups excluding carboxylic acids is 1. The first-order valence-electron chi connectivity index (χ1n) is 5.51. The van der Waals surface area contributed by atoms with Crippen LogP contribution in [0.2, 0.25) is 4.34 Å². The summed E-state index contributed by atoms with van der Waals surface area (Å²) < 4.78 is 0.764. The lowest BCUT2D eigenvalue weighted by Crippen LogP contribution is -2.46. The van der Waals surface area contributed by atoms with Crippen LogP contribution in [0.1, 0.15) is 24.1 Å². The van der Waals surface area contributed by atoms with E-state index < -0.39 is 0 Å². The van der Waals surface area contributed by atoms with Crippen LogP contribution < -0.4 is 10.6 Å². The number of carbonyl (C=O) groups is 1. The molecule has 0 aliphatic carbocycles. The van der Waals surface area contributed by atoms with Gasteiger partial charge >= 0.3 is 0 Å². The second-order valence-corrected chi connectivity index (χ2v) is 5.73. The molecule has 88 valence electrons. The van der Waals surface area contributed by atoms with Crippen molar-refractivity contribution in [1.29, 1.82) is 0 Å². The first-order chi connectivity index (χ1) is 7.75. The smallest absolute Gasteiger partial charge is 0.237 e. The van der Waals surface area contributed by atoms with Crippen LogP contribution in [0.5, 0.6) is 0 Å². The average Bonchev–Trinajstić information content (AvgIpc) is 2.73. The quantitative estimate of drug-likeness (QED) is 0.872. The summed E-state index contributed by atoms with van der Waals surface area (Å²) in [6, 6.07) is 3.79. The van der Waals surface area contributed by atoms with Gasteiger partial charge in [0.05, 0.1) is 16.9 Å². The summed E-state index contributed by atoms with van der Waals surface area (Å²) in [5, 5.41) is 6.16. The van der Waals surface area contributed by atoms with Gasteiger partial charge in [-0.2, -0.15) is 0 Å². The van der Waals surface area contributed by atoms with E-state index in [-0.39, 0.29) is 11.9 Å². The Morgan fingerprint density at radius 1 is 1.56 bits per heavy atom. The first kappa shape index (κ1) is 11.9. The van der Waals surface area contributed by atoms with Gasteiger partial charge in [0.15, 0.2) is 0 Å². The fourth-order valence-electron chi connectivity index (χ4n) is 1.82. The van der Waals surface area contributed by atoms with Gasteiger partial charge in [0.1, 0.15) is 0 Å². The first-order valence-corrected chi connectivity index (χ1v) is 6.70. The van der Waals surface area contributed by atoms with Crippen molar-refractivity contribution >= 4 is 28.8 Å². The lowest BCUT2D eigenvalue weighted by molar-refractivity contribution is -0.123. The highest BCUT2D eigenvalue weighted by Gasteiger charge is 2.19. The highest BCUT2D eigenvalue weighted by Crippen LogP contribution is 2.21. The van der Waals surface area contributed by atoms with Gasteiger partial charge in [-0.25, -0.2) is 0 Å². The molecule has 1 aliphatic rings. The second-order valence-electron chi connectivity index (χ2n) is 3.93. The molecule has 1 aromatic heterocycles. The molecule has 0 aromatic carbocycles. The topological polar surface area (TPSA) is 41.1 Å². The van der Waals surface area contributed by atoms with Gasteiger partial charge in [0.25, 0.3) is 0 Å². The van der Waals surface area contributed by atoms with Crippen molar-refractivity contribution < 1.29 is 4.79 Å². The van der Waals surface area contributed by atoms with Crippen LogP contribution in [-0.2, 0) is 11.3 Å². The van der Waals surface area contributed by atoms with E-state index in [0.29, 0.717) is 6.54 Å². The molecule has 0 bridgehead atoms. The molecule has 1 aromatic rings. The van der Waals surface area contributed by atoms with Crippen molar-refractivity contribution in [2.45, 2.75) is 31.8 Å². The van der Waals surface area contributed by atoms with E-state index in [9.17, 15) is 4.79 Å². The normalized spacial score (nSPS) is 20.7. The molecular weight excluding hydrogens is 244 g/mol. The highest BCUT2D eigenvalue weighted by molar-refractivity contribution is 7.16. The monoisotopic (exact) mass is 258 g/mol. The molecule has 1 amide bonds. The van der Waals surface area contributed by atoms with E-state index in [4.69, 9.17) is 11.6 Å². The summed E-state index contributed by atoms with van der Waals surface area (Å²) in [5.74, 6) is 0.101. The van der Waals surface area contributed by atoms with Crippen molar-refractivity contribution in [2.75, 3.05) is 6.54 Å². The molecule has 5 heteroatoms. The van der Waals surface area contributed by atoms with Crippen molar-refractivity contribution in [3.63, 3.8) is 0 Å². The summed E-state index contributed by atoms with van der Waals surface area (Å²) in [5.41, 5.74) is 0. The average molecular weight is 259 g/mol. The molecule has 1 fully saturated rings. The number of rotatable bonds is 3. The third-order valence-corrected chi connectivity index (χ3v) is 3.92. The molecule has 2 N–H and O–H groups in total. The molecule has 2 heterocycles. The summed E-state index contributed by atoms with van der Waals surface area (Å²) in [6.45, 7) is 1.53. The Morgan fingerprint density at radius 2 is 2.44 bits per heavy atom. The molecule has 0 saturated carbocycles. The summed E-state index contributed by atoms with van der Waals surface area (Å²) in [6.07, 6.45) is 3.25. The fraction of sp³-hybridized carbons (Fsp3) is 0.545. The maximum atomic E-state index is 11.8. The number of hydrogen-bond acceptors (Lipinski definition) is 3. The largest absolute Gasteiger partial charge is 0.350 e. The molecule has 16 heavy (non-hydrogen) atoms. The Labute approximate surface area is 104 Å². The Hall–Kier alpha value is -0.580. The predicted molar refractivity (Wildman–Crippen MR) is 66.8 cm³/mol. The molecule has 0 unspecified atom stereocenters. The highest BCUT2D eigenvalue weighted by atomic mass is 35.5. The van der Waals surface area contributed by atoms with E-state index in [2.05, 4.69) is 10.6 Å². The lowest BCUT2D eigenvalue weighted by Gasteiger charge is -2.22. The lowest BCUT2D eigenvalue weighted by atomic mass is 10.0. The van der Waals surface area contributed by atoms with Gasteiger partial charge < -0.3 is 10.6 Å². The van der Waals surface area contributed by atoms with Crippen LogP contribution in [0.15, 0.2) is 12.1 Å². The Morgan fingerprint density at radius 3 is 3.06 bits per heavy atom. The summed E-state index contributed by atoms with van der Waals surface area (Å²) in [7, 11) is 0. The minimum absolute atomic E-state index is 0.0100. The van der Waals surface area contributed by atoms with E-state index in [0.717, 1.165) is 28.6 Å². The van der Waals surface area contributed by atoms with Gasteiger partial charge in [0.2, 0.25) is 5.91 Å². The summed E-state index contributed by atoms with van der Waals surface area (Å²) in [4.78, 5) is 12.9. The van der Waals surface area contributed by atoms with E-state index >= 15 is 0 Å². The molecule has 3 nitrogen and oxygen atoms in total. The van der Waals surface area contributed by atoms with Crippen LogP contribution in [0.4, 0.5) is 0 Å². The van der Waals surface area contributed by atoms with E-state index in [1.54, 1.807) is 0 Å². The molecular formula is C11H15ClN2OS. The van der Waals surface area contributed by atoms with Crippen LogP contribution in [-0.4, -0.2) is 18.5 Å². The zero-order valence-corrected chi connectivity index (χ0v) is 10.5. The molecule has 1 aliphatic heterocycles. The molecule has 0 radical (unpaired) electrons. The van der Waals surface area contributed by atoms with E-state index in [1.807, 2.05) is 12.1 Å². The Bertz CT molecular complexity index is 361. The molecule has 1 atom stereocenters. The molecule has 1 saturated heterocycles. The van der Waals surface area contributed by atoms with Gasteiger partial charge in [-0.3, -0.25) is 4.79 Å². The van der Waals surface area contributed by atoms with Crippen LogP contribution in [0.25, 0.3) is 0 Å². The Kier molecular flexibility index (Phi) is 4.21. The zero-order valence-electron chi connectivity index (χ0n) is 8.96. The van der Waals surface area contributed by atoms with Crippen LogP contribution >= 0.6 is 22.9 Å². The Balaban J connectivity index is 1.78. The third-order valence-electron chi connectivity index (χ3n) is 2.69. The minimum atomic E-state index is -0.0100. The third kappa shape index (κ3) is 3.20. The fourth-order valence-corrected chi connectivity index (χ4v) is 2.85. The van der Waals surface area contributed by atoms with Gasteiger partial charge in [-0.15, -0.1) is 11.3 Å². The van der Waals surface area contributed by atoms with Crippen molar-refractivity contribution in [1.82, 2.24) is 10.6 Å². The number of amides is 1. The van der Waals surface area contributed by atoms with E-state index in [1.165, 1.54) is 17.8 Å². The number of hydrogen-bond donors (Lipinski definition) is 2. The number of nitrogens with one attached hydrogen (secondary N) is 2. The van der Waals surface area contributed by atoms with Crippen molar-refractivity contribution in [2.24, 2.45) is 0 Å². The summed E-state index contributed by atoms with van der Waals surface area (Å²) >= 11 is 7.32. The number of piperidine rings is 1.